The highest BCUT2D eigenvalue weighted by Crippen LogP contribution is 2.14. The molecule has 16 heavy (non-hydrogen) atoms. The first-order valence-corrected chi connectivity index (χ1v) is 6.67. The average Bonchev–Trinajstić information content (AvgIpc) is 2.17. The van der Waals surface area contributed by atoms with Crippen LogP contribution in [0.2, 0.25) is 0 Å². The molecule has 3 nitrogen and oxygen atoms in total. The van der Waals surface area contributed by atoms with E-state index < -0.39 is 0 Å². The van der Waals surface area contributed by atoms with Gasteiger partial charge in [-0.25, -0.2) is 0 Å². The van der Waals surface area contributed by atoms with Crippen LogP contribution >= 0.6 is 0 Å². The summed E-state index contributed by atoms with van der Waals surface area (Å²) in [6.07, 6.45) is 2.55. The standard InChI is InChI=1S/C13H28N2O/c1-5-7-12-10-15(9-8-14-12)11-13(3,4)16-6-2/h12,14H,5-11H2,1-4H3. The maximum absolute atomic E-state index is 5.77. The molecule has 0 aromatic heterocycles. The van der Waals surface area contributed by atoms with Crippen LogP contribution in [0.1, 0.15) is 40.5 Å². The topological polar surface area (TPSA) is 24.5 Å². The van der Waals surface area contributed by atoms with Crippen LogP contribution in [-0.4, -0.2) is 49.3 Å². The highest BCUT2D eigenvalue weighted by atomic mass is 16.5. The zero-order chi connectivity index (χ0) is 12.0. The van der Waals surface area contributed by atoms with Crippen molar-refractivity contribution >= 4 is 0 Å². The van der Waals surface area contributed by atoms with E-state index in [0.29, 0.717) is 6.04 Å². The number of ether oxygens (including phenoxy) is 1. The summed E-state index contributed by atoms with van der Waals surface area (Å²) in [6, 6.07) is 0.677. The van der Waals surface area contributed by atoms with Gasteiger partial charge in [-0.2, -0.15) is 0 Å². The maximum atomic E-state index is 5.77. The fraction of sp³-hybridized carbons (Fsp3) is 1.00. The highest BCUT2D eigenvalue weighted by molar-refractivity contribution is 4.82. The Morgan fingerprint density at radius 1 is 1.38 bits per heavy atom. The Morgan fingerprint density at radius 3 is 2.75 bits per heavy atom. The molecule has 1 fully saturated rings. The first-order valence-electron chi connectivity index (χ1n) is 6.67. The highest BCUT2D eigenvalue weighted by Gasteiger charge is 2.25. The van der Waals surface area contributed by atoms with Crippen LogP contribution in [0.15, 0.2) is 0 Å². The summed E-state index contributed by atoms with van der Waals surface area (Å²) in [7, 11) is 0. The van der Waals surface area contributed by atoms with E-state index in [-0.39, 0.29) is 5.60 Å². The van der Waals surface area contributed by atoms with Crippen molar-refractivity contribution in [2.45, 2.75) is 52.2 Å². The van der Waals surface area contributed by atoms with Crippen molar-refractivity contribution in [1.82, 2.24) is 10.2 Å². The monoisotopic (exact) mass is 228 g/mol. The molecule has 1 aliphatic rings. The van der Waals surface area contributed by atoms with E-state index in [2.05, 4.69) is 37.9 Å². The summed E-state index contributed by atoms with van der Waals surface area (Å²) in [5.74, 6) is 0. The largest absolute Gasteiger partial charge is 0.375 e. The number of nitrogens with one attached hydrogen (secondary N) is 1. The van der Waals surface area contributed by atoms with Crippen LogP contribution in [-0.2, 0) is 4.74 Å². The SMILES string of the molecule is CCCC1CN(CC(C)(C)OCC)CCN1. The van der Waals surface area contributed by atoms with Gasteiger partial charge in [0, 0.05) is 38.8 Å². The van der Waals surface area contributed by atoms with Gasteiger partial charge < -0.3 is 10.1 Å². The van der Waals surface area contributed by atoms with Crippen LogP contribution in [0.3, 0.4) is 0 Å². The van der Waals surface area contributed by atoms with Gasteiger partial charge in [0.05, 0.1) is 5.60 Å². The lowest BCUT2D eigenvalue weighted by atomic mass is 10.1. The Hall–Kier alpha value is -0.120. The zero-order valence-electron chi connectivity index (χ0n) is 11.4. The molecule has 0 spiro atoms. The lowest BCUT2D eigenvalue weighted by molar-refractivity contribution is -0.0385. The molecule has 1 rings (SSSR count). The quantitative estimate of drug-likeness (QED) is 0.751. The molecule has 0 aromatic carbocycles. The lowest BCUT2D eigenvalue weighted by Gasteiger charge is -2.38. The van der Waals surface area contributed by atoms with E-state index in [1.165, 1.54) is 19.4 Å². The third-order valence-corrected chi connectivity index (χ3v) is 3.12. The van der Waals surface area contributed by atoms with E-state index in [0.717, 1.165) is 26.2 Å². The maximum Gasteiger partial charge on any atom is 0.0752 e. The first-order chi connectivity index (χ1) is 7.57. The summed E-state index contributed by atoms with van der Waals surface area (Å²) in [6.45, 7) is 14.0. The molecular weight excluding hydrogens is 200 g/mol. The van der Waals surface area contributed by atoms with Crippen LogP contribution in [0.4, 0.5) is 0 Å². The third kappa shape index (κ3) is 4.81. The van der Waals surface area contributed by atoms with Crippen molar-refractivity contribution in [2.24, 2.45) is 0 Å². The molecule has 96 valence electrons. The van der Waals surface area contributed by atoms with E-state index in [1.807, 2.05) is 0 Å². The molecule has 0 amide bonds. The van der Waals surface area contributed by atoms with Gasteiger partial charge in [-0.05, 0) is 27.2 Å². The van der Waals surface area contributed by atoms with Crippen molar-refractivity contribution in [1.29, 1.82) is 0 Å². The number of piperazine rings is 1. The molecule has 1 unspecified atom stereocenters. The minimum Gasteiger partial charge on any atom is -0.375 e. The van der Waals surface area contributed by atoms with E-state index in [4.69, 9.17) is 4.74 Å². The minimum absolute atomic E-state index is 0.0111. The molecule has 1 heterocycles. The molecule has 0 aromatic rings. The minimum atomic E-state index is -0.0111. The first kappa shape index (κ1) is 13.9. The van der Waals surface area contributed by atoms with Crippen molar-refractivity contribution in [3.05, 3.63) is 0 Å². The Labute approximate surface area is 101 Å². The molecule has 1 atom stereocenters. The summed E-state index contributed by atoms with van der Waals surface area (Å²) in [5, 5.41) is 3.59. The fourth-order valence-corrected chi connectivity index (χ4v) is 2.55. The van der Waals surface area contributed by atoms with Gasteiger partial charge in [-0.15, -0.1) is 0 Å². The van der Waals surface area contributed by atoms with Crippen molar-refractivity contribution < 1.29 is 4.74 Å². The van der Waals surface area contributed by atoms with E-state index in [9.17, 15) is 0 Å². The molecule has 1 aliphatic heterocycles. The molecule has 0 radical (unpaired) electrons. The van der Waals surface area contributed by atoms with Gasteiger partial charge in [0.15, 0.2) is 0 Å². The normalized spacial score (nSPS) is 23.6. The lowest BCUT2D eigenvalue weighted by Crippen LogP contribution is -2.54. The van der Waals surface area contributed by atoms with Gasteiger partial charge in [-0.3, -0.25) is 4.90 Å². The molecule has 3 heteroatoms. The van der Waals surface area contributed by atoms with Gasteiger partial charge in [0.2, 0.25) is 0 Å². The van der Waals surface area contributed by atoms with E-state index in [1.54, 1.807) is 0 Å². The van der Waals surface area contributed by atoms with Crippen LogP contribution in [0, 0.1) is 0 Å². The molecule has 1 saturated heterocycles. The average molecular weight is 228 g/mol. The van der Waals surface area contributed by atoms with Crippen molar-refractivity contribution in [3.8, 4) is 0 Å². The molecule has 0 saturated carbocycles. The number of nitrogens with zero attached hydrogens (tertiary/aromatic N) is 1. The molecular formula is C13H28N2O. The summed E-state index contributed by atoms with van der Waals surface area (Å²) in [4.78, 5) is 2.53. The Bertz CT molecular complexity index is 192. The van der Waals surface area contributed by atoms with Crippen LogP contribution in [0.5, 0.6) is 0 Å². The van der Waals surface area contributed by atoms with Crippen LogP contribution in [0.25, 0.3) is 0 Å². The van der Waals surface area contributed by atoms with Gasteiger partial charge in [0.25, 0.3) is 0 Å². The Balaban J connectivity index is 2.36. The van der Waals surface area contributed by atoms with E-state index >= 15 is 0 Å². The summed E-state index contributed by atoms with van der Waals surface area (Å²) in [5.41, 5.74) is -0.0111. The Morgan fingerprint density at radius 2 is 2.12 bits per heavy atom. The summed E-state index contributed by atoms with van der Waals surface area (Å²) >= 11 is 0. The third-order valence-electron chi connectivity index (χ3n) is 3.12. The van der Waals surface area contributed by atoms with Crippen LogP contribution < -0.4 is 5.32 Å². The molecule has 0 aliphatic carbocycles. The second-order valence-electron chi connectivity index (χ2n) is 5.37. The van der Waals surface area contributed by atoms with Gasteiger partial charge in [0.1, 0.15) is 0 Å². The molecule has 1 N–H and O–H groups in total. The number of hydrogen-bond acceptors (Lipinski definition) is 3. The number of rotatable bonds is 6. The van der Waals surface area contributed by atoms with Crippen molar-refractivity contribution in [3.63, 3.8) is 0 Å². The smallest absolute Gasteiger partial charge is 0.0752 e. The fourth-order valence-electron chi connectivity index (χ4n) is 2.55. The zero-order valence-corrected chi connectivity index (χ0v) is 11.4. The number of hydrogen-bond donors (Lipinski definition) is 1. The second kappa shape index (κ2) is 6.58. The van der Waals surface area contributed by atoms with Crippen molar-refractivity contribution in [2.75, 3.05) is 32.8 Å². The Kier molecular flexibility index (Phi) is 5.73. The predicted octanol–water partition coefficient (Wildman–Crippen LogP) is 1.88. The molecule has 0 bridgehead atoms. The summed E-state index contributed by atoms with van der Waals surface area (Å²) < 4.78 is 5.77. The second-order valence-corrected chi connectivity index (χ2v) is 5.37. The van der Waals surface area contributed by atoms with Gasteiger partial charge >= 0.3 is 0 Å². The van der Waals surface area contributed by atoms with Gasteiger partial charge in [-0.1, -0.05) is 13.3 Å². The predicted molar refractivity (Wildman–Crippen MR) is 68.8 cm³/mol.